The summed E-state index contributed by atoms with van der Waals surface area (Å²) in [6.45, 7) is 6.43. The molecule has 0 atom stereocenters. The minimum atomic E-state index is 0.652. The third kappa shape index (κ3) is 2.08. The summed E-state index contributed by atoms with van der Waals surface area (Å²) < 4.78 is 5.35. The first-order valence-corrected chi connectivity index (χ1v) is 4.38. The van der Waals surface area contributed by atoms with E-state index in [1.807, 2.05) is 32.9 Å². The Kier molecular flexibility index (Phi) is 3.07. The Balaban J connectivity index is 3.12. The highest BCUT2D eigenvalue weighted by Gasteiger charge is 2.03. The molecule has 0 heterocycles. The molecule has 0 radical (unpaired) electrons. The summed E-state index contributed by atoms with van der Waals surface area (Å²) >= 11 is 0. The highest BCUT2D eigenvalue weighted by atomic mass is 16.5. The molecular weight excluding hydrogens is 164 g/mol. The monoisotopic (exact) mass is 178 g/mol. The zero-order valence-corrected chi connectivity index (χ0v) is 8.26. The highest BCUT2D eigenvalue weighted by Crippen LogP contribution is 2.20. The number of benzene rings is 1. The van der Waals surface area contributed by atoms with Crippen LogP contribution in [0.3, 0.4) is 0 Å². The summed E-state index contributed by atoms with van der Waals surface area (Å²) in [5.74, 6) is 0.836. The molecule has 0 amide bonds. The minimum absolute atomic E-state index is 0.652. The maximum atomic E-state index is 10.7. The van der Waals surface area contributed by atoms with E-state index in [1.165, 1.54) is 0 Å². The van der Waals surface area contributed by atoms with Gasteiger partial charge < -0.3 is 4.74 Å². The number of aldehydes is 1. The minimum Gasteiger partial charge on any atom is -0.494 e. The molecule has 0 aliphatic heterocycles. The van der Waals surface area contributed by atoms with E-state index in [4.69, 9.17) is 4.74 Å². The summed E-state index contributed by atoms with van der Waals surface area (Å²) in [6, 6.07) is 3.78. The second-order valence-corrected chi connectivity index (χ2v) is 3.02. The Labute approximate surface area is 78.5 Å². The van der Waals surface area contributed by atoms with Gasteiger partial charge in [-0.05, 0) is 44.0 Å². The lowest BCUT2D eigenvalue weighted by Gasteiger charge is -2.08. The molecule has 2 nitrogen and oxygen atoms in total. The zero-order chi connectivity index (χ0) is 9.84. The number of aryl methyl sites for hydroxylation is 2. The molecule has 1 aromatic carbocycles. The molecule has 0 aromatic heterocycles. The van der Waals surface area contributed by atoms with Crippen LogP contribution in [0.4, 0.5) is 0 Å². The molecule has 0 spiro atoms. The zero-order valence-electron chi connectivity index (χ0n) is 8.26. The molecule has 0 aliphatic carbocycles. The van der Waals surface area contributed by atoms with Crippen molar-refractivity contribution >= 4 is 6.29 Å². The van der Waals surface area contributed by atoms with E-state index >= 15 is 0 Å². The van der Waals surface area contributed by atoms with E-state index in [0.29, 0.717) is 6.61 Å². The van der Waals surface area contributed by atoms with Crippen molar-refractivity contribution in [2.45, 2.75) is 20.8 Å². The van der Waals surface area contributed by atoms with Crippen molar-refractivity contribution in [3.63, 3.8) is 0 Å². The van der Waals surface area contributed by atoms with Crippen LogP contribution in [0.2, 0.25) is 0 Å². The lowest BCUT2D eigenvalue weighted by Crippen LogP contribution is -1.96. The van der Waals surface area contributed by atoms with Gasteiger partial charge in [0.25, 0.3) is 0 Å². The Morgan fingerprint density at radius 3 is 2.23 bits per heavy atom. The van der Waals surface area contributed by atoms with Crippen molar-refractivity contribution in [3.05, 3.63) is 28.8 Å². The van der Waals surface area contributed by atoms with E-state index in [-0.39, 0.29) is 0 Å². The average Bonchev–Trinajstić information content (AvgIpc) is 2.04. The van der Waals surface area contributed by atoms with Crippen molar-refractivity contribution < 1.29 is 9.53 Å². The molecule has 0 aliphatic rings. The van der Waals surface area contributed by atoms with Crippen LogP contribution in [-0.4, -0.2) is 12.9 Å². The van der Waals surface area contributed by atoms with Crippen molar-refractivity contribution in [2.75, 3.05) is 6.61 Å². The summed E-state index contributed by atoms with van der Waals surface area (Å²) in [5, 5.41) is 0. The number of carbonyl (C=O) groups is 1. The quantitative estimate of drug-likeness (QED) is 0.665. The molecule has 0 bridgehead atoms. The van der Waals surface area contributed by atoms with Crippen LogP contribution in [0, 0.1) is 13.8 Å². The fraction of sp³-hybridized carbons (Fsp3) is 0.364. The predicted molar refractivity (Wildman–Crippen MR) is 52.5 cm³/mol. The summed E-state index contributed by atoms with van der Waals surface area (Å²) in [6.07, 6.45) is 0.889. The number of rotatable bonds is 3. The lowest BCUT2D eigenvalue weighted by molar-refractivity contribution is 0.112. The Morgan fingerprint density at radius 2 is 1.85 bits per heavy atom. The van der Waals surface area contributed by atoms with Crippen LogP contribution in [0.25, 0.3) is 0 Å². The Hall–Kier alpha value is -1.31. The first kappa shape index (κ1) is 9.78. The number of hydrogen-bond donors (Lipinski definition) is 0. The van der Waals surface area contributed by atoms with Crippen molar-refractivity contribution in [1.29, 1.82) is 0 Å². The molecular formula is C11H14O2. The van der Waals surface area contributed by atoms with Gasteiger partial charge in [0.2, 0.25) is 0 Å². The molecule has 0 saturated carbocycles. The summed E-state index contributed by atoms with van der Waals surface area (Å²) in [4.78, 5) is 10.7. The maximum absolute atomic E-state index is 10.7. The van der Waals surface area contributed by atoms with Gasteiger partial charge in [0.1, 0.15) is 5.75 Å². The van der Waals surface area contributed by atoms with Crippen molar-refractivity contribution in [1.82, 2.24) is 0 Å². The maximum Gasteiger partial charge on any atom is 0.150 e. The molecule has 2 heteroatoms. The molecule has 0 unspecified atom stereocenters. The smallest absolute Gasteiger partial charge is 0.150 e. The molecule has 1 rings (SSSR count). The van der Waals surface area contributed by atoms with E-state index in [1.54, 1.807) is 0 Å². The first-order valence-electron chi connectivity index (χ1n) is 4.38. The van der Waals surface area contributed by atoms with Crippen molar-refractivity contribution in [3.8, 4) is 5.75 Å². The van der Waals surface area contributed by atoms with Gasteiger partial charge in [0.15, 0.2) is 6.29 Å². The van der Waals surface area contributed by atoms with Crippen LogP contribution in [-0.2, 0) is 0 Å². The third-order valence-electron chi connectivity index (χ3n) is 2.00. The largest absolute Gasteiger partial charge is 0.494 e. The second kappa shape index (κ2) is 4.08. The van der Waals surface area contributed by atoms with E-state index in [0.717, 1.165) is 28.7 Å². The van der Waals surface area contributed by atoms with Crippen LogP contribution in [0.5, 0.6) is 5.75 Å². The number of ether oxygens (including phenoxy) is 1. The van der Waals surface area contributed by atoms with Crippen LogP contribution in [0.15, 0.2) is 12.1 Å². The first-order chi connectivity index (χ1) is 6.19. The molecule has 13 heavy (non-hydrogen) atoms. The summed E-state index contributed by atoms with van der Waals surface area (Å²) in [5.41, 5.74) is 2.71. The third-order valence-corrected chi connectivity index (χ3v) is 2.00. The lowest BCUT2D eigenvalue weighted by atomic mass is 10.0. The highest BCUT2D eigenvalue weighted by molar-refractivity contribution is 5.79. The van der Waals surface area contributed by atoms with Gasteiger partial charge in [-0.25, -0.2) is 0 Å². The van der Waals surface area contributed by atoms with Gasteiger partial charge in [-0.2, -0.15) is 0 Å². The van der Waals surface area contributed by atoms with Gasteiger partial charge in [-0.3, -0.25) is 4.79 Å². The summed E-state index contributed by atoms with van der Waals surface area (Å²) in [7, 11) is 0. The van der Waals surface area contributed by atoms with E-state index in [9.17, 15) is 4.79 Å². The van der Waals surface area contributed by atoms with E-state index < -0.39 is 0 Å². The van der Waals surface area contributed by atoms with Gasteiger partial charge in [-0.1, -0.05) is 0 Å². The fourth-order valence-electron chi connectivity index (χ4n) is 1.37. The number of carbonyl (C=O) groups excluding carboxylic acids is 1. The average molecular weight is 178 g/mol. The van der Waals surface area contributed by atoms with Crippen LogP contribution < -0.4 is 4.74 Å². The fourth-order valence-corrected chi connectivity index (χ4v) is 1.37. The normalized spacial score (nSPS) is 9.77. The van der Waals surface area contributed by atoms with Gasteiger partial charge in [-0.15, -0.1) is 0 Å². The molecule has 0 fully saturated rings. The standard InChI is InChI=1S/C11H14O2/c1-4-13-10-5-8(2)11(7-12)9(3)6-10/h5-7H,4H2,1-3H3. The second-order valence-electron chi connectivity index (χ2n) is 3.02. The van der Waals surface area contributed by atoms with E-state index in [2.05, 4.69) is 0 Å². The predicted octanol–water partition coefficient (Wildman–Crippen LogP) is 2.51. The van der Waals surface area contributed by atoms with Gasteiger partial charge in [0.05, 0.1) is 6.61 Å². The molecule has 0 saturated heterocycles. The Bertz CT molecular complexity index is 293. The number of hydrogen-bond acceptors (Lipinski definition) is 2. The van der Waals surface area contributed by atoms with Crippen molar-refractivity contribution in [2.24, 2.45) is 0 Å². The van der Waals surface area contributed by atoms with Crippen LogP contribution in [0.1, 0.15) is 28.4 Å². The topological polar surface area (TPSA) is 26.3 Å². The molecule has 1 aromatic rings. The molecule has 70 valence electrons. The van der Waals surface area contributed by atoms with Crippen LogP contribution >= 0.6 is 0 Å². The molecule has 0 N–H and O–H groups in total. The van der Waals surface area contributed by atoms with Gasteiger partial charge >= 0.3 is 0 Å². The van der Waals surface area contributed by atoms with Gasteiger partial charge in [0, 0.05) is 5.56 Å². The SMILES string of the molecule is CCOc1cc(C)c(C=O)c(C)c1. The Morgan fingerprint density at radius 1 is 1.31 bits per heavy atom.